The molecule has 1 aliphatic rings. The van der Waals surface area contributed by atoms with E-state index in [1.807, 2.05) is 19.9 Å². The van der Waals surface area contributed by atoms with Crippen LogP contribution in [0.5, 0.6) is 5.75 Å². The molecule has 9 heteroatoms. The Hall–Kier alpha value is -4.01. The molecule has 0 atom stereocenters. The summed E-state index contributed by atoms with van der Waals surface area (Å²) >= 11 is 0. The summed E-state index contributed by atoms with van der Waals surface area (Å²) in [5.41, 5.74) is 1.49. The summed E-state index contributed by atoms with van der Waals surface area (Å²) in [5.74, 6) is -1.83. The second-order valence-electron chi connectivity index (χ2n) is 6.46. The van der Waals surface area contributed by atoms with E-state index in [9.17, 15) is 24.5 Å². The fourth-order valence-corrected chi connectivity index (χ4v) is 3.15. The van der Waals surface area contributed by atoms with Crippen molar-refractivity contribution in [1.29, 1.82) is 0 Å². The van der Waals surface area contributed by atoms with Crippen molar-refractivity contribution in [3.8, 4) is 5.75 Å². The van der Waals surface area contributed by atoms with Crippen LogP contribution in [-0.2, 0) is 9.59 Å². The average molecular weight is 395 g/mol. The van der Waals surface area contributed by atoms with Crippen LogP contribution in [0.15, 0.2) is 42.0 Å². The Morgan fingerprint density at radius 1 is 1.10 bits per heavy atom. The van der Waals surface area contributed by atoms with Gasteiger partial charge in [0.15, 0.2) is 0 Å². The van der Waals surface area contributed by atoms with Crippen molar-refractivity contribution in [2.45, 2.75) is 13.8 Å². The molecule has 148 valence electrons. The number of urea groups is 1. The van der Waals surface area contributed by atoms with Crippen LogP contribution in [0.2, 0.25) is 0 Å². The first-order valence-corrected chi connectivity index (χ1v) is 8.54. The number of imide groups is 2. The highest BCUT2D eigenvalue weighted by atomic mass is 16.6. The fraction of sp³-hybridized carbons (Fsp3) is 0.150. The molecule has 1 fully saturated rings. The lowest BCUT2D eigenvalue weighted by Crippen LogP contribution is -2.54. The molecule has 0 aromatic heterocycles. The maximum atomic E-state index is 13.0. The Bertz CT molecular complexity index is 1070. The van der Waals surface area contributed by atoms with Gasteiger partial charge in [0.2, 0.25) is 5.75 Å². The summed E-state index contributed by atoms with van der Waals surface area (Å²) in [4.78, 5) is 49.1. The molecule has 1 aliphatic heterocycles. The zero-order chi connectivity index (χ0) is 21.3. The number of carbonyl (C=O) groups is 3. The molecule has 1 heterocycles. The van der Waals surface area contributed by atoms with E-state index < -0.39 is 22.8 Å². The maximum absolute atomic E-state index is 13.0. The van der Waals surface area contributed by atoms with Crippen LogP contribution in [0.3, 0.4) is 0 Å². The largest absolute Gasteiger partial charge is 0.490 e. The number of ether oxygens (including phenoxy) is 1. The van der Waals surface area contributed by atoms with Crippen LogP contribution in [0.4, 0.5) is 16.2 Å². The van der Waals surface area contributed by atoms with E-state index in [1.165, 1.54) is 31.4 Å². The van der Waals surface area contributed by atoms with Crippen molar-refractivity contribution in [2.75, 3.05) is 12.0 Å². The zero-order valence-corrected chi connectivity index (χ0v) is 15.9. The van der Waals surface area contributed by atoms with E-state index in [1.54, 1.807) is 12.1 Å². The predicted molar refractivity (Wildman–Crippen MR) is 105 cm³/mol. The normalized spacial score (nSPS) is 15.5. The van der Waals surface area contributed by atoms with Crippen LogP contribution < -0.4 is 15.0 Å². The molecule has 0 saturated carbocycles. The Balaban J connectivity index is 2.11. The number of nitro groups is 1. The molecule has 0 unspecified atom stereocenters. The van der Waals surface area contributed by atoms with Crippen molar-refractivity contribution in [1.82, 2.24) is 5.32 Å². The van der Waals surface area contributed by atoms with Gasteiger partial charge in [-0.05, 0) is 43.2 Å². The minimum Gasteiger partial charge on any atom is -0.490 e. The van der Waals surface area contributed by atoms with Gasteiger partial charge in [0.25, 0.3) is 11.8 Å². The third-order valence-corrected chi connectivity index (χ3v) is 4.29. The minimum atomic E-state index is -0.894. The number of para-hydroxylation sites is 1. The van der Waals surface area contributed by atoms with E-state index in [-0.39, 0.29) is 22.6 Å². The quantitative estimate of drug-likeness (QED) is 0.368. The second kappa shape index (κ2) is 7.55. The lowest BCUT2D eigenvalue weighted by atomic mass is 10.0. The number of rotatable bonds is 4. The predicted octanol–water partition coefficient (Wildman–Crippen LogP) is 2.89. The Morgan fingerprint density at radius 3 is 2.34 bits per heavy atom. The average Bonchev–Trinajstić information content (AvgIpc) is 2.63. The highest BCUT2D eigenvalue weighted by Gasteiger charge is 2.37. The van der Waals surface area contributed by atoms with Crippen LogP contribution in [0.1, 0.15) is 16.7 Å². The number of benzene rings is 2. The SMILES string of the molecule is COc1c(/C=C2\C(=O)NC(=O)N(c3cc(C)cc(C)c3)C2=O)cccc1[N+](=O)[O-]. The summed E-state index contributed by atoms with van der Waals surface area (Å²) in [5, 5.41) is 13.3. The van der Waals surface area contributed by atoms with Crippen molar-refractivity contribution < 1.29 is 24.0 Å². The second-order valence-corrected chi connectivity index (χ2v) is 6.46. The summed E-state index contributed by atoms with van der Waals surface area (Å²) in [6, 6.07) is 8.42. The fourth-order valence-electron chi connectivity index (χ4n) is 3.15. The van der Waals surface area contributed by atoms with Gasteiger partial charge in [0, 0.05) is 11.6 Å². The number of methoxy groups -OCH3 is 1. The van der Waals surface area contributed by atoms with Gasteiger partial charge in [-0.15, -0.1) is 0 Å². The lowest BCUT2D eigenvalue weighted by Gasteiger charge is -2.27. The topological polar surface area (TPSA) is 119 Å². The van der Waals surface area contributed by atoms with E-state index in [0.717, 1.165) is 16.0 Å². The van der Waals surface area contributed by atoms with E-state index in [2.05, 4.69) is 5.32 Å². The molecule has 9 nitrogen and oxygen atoms in total. The minimum absolute atomic E-state index is 0.0968. The first-order valence-electron chi connectivity index (χ1n) is 8.54. The number of nitrogens with zero attached hydrogens (tertiary/aromatic N) is 2. The molecule has 1 N–H and O–H groups in total. The number of amides is 4. The highest BCUT2D eigenvalue weighted by molar-refractivity contribution is 6.39. The standard InChI is InChI=1S/C20H17N3O6/c1-11-7-12(2)9-14(8-11)22-19(25)15(18(24)21-20(22)26)10-13-5-4-6-16(23(27)28)17(13)29-3/h4-10H,1-3H3,(H,21,24,26)/b15-10+. The van der Waals surface area contributed by atoms with Crippen LogP contribution >= 0.6 is 0 Å². The van der Waals surface area contributed by atoms with Gasteiger partial charge in [-0.1, -0.05) is 18.2 Å². The van der Waals surface area contributed by atoms with Crippen molar-refractivity contribution >= 4 is 35.3 Å². The number of barbiturate groups is 1. The number of nitro benzene ring substituents is 1. The van der Waals surface area contributed by atoms with Crippen LogP contribution in [-0.4, -0.2) is 29.9 Å². The summed E-state index contributed by atoms with van der Waals surface area (Å²) in [6.45, 7) is 3.64. The molecule has 0 aliphatic carbocycles. The third kappa shape index (κ3) is 3.70. The van der Waals surface area contributed by atoms with Crippen molar-refractivity contribution in [3.05, 3.63) is 68.8 Å². The van der Waals surface area contributed by atoms with Gasteiger partial charge in [-0.2, -0.15) is 0 Å². The molecule has 3 rings (SSSR count). The number of nitrogens with one attached hydrogen (secondary N) is 1. The van der Waals surface area contributed by atoms with Crippen molar-refractivity contribution in [3.63, 3.8) is 0 Å². The lowest BCUT2D eigenvalue weighted by molar-refractivity contribution is -0.385. The molecule has 4 amide bonds. The molecule has 0 bridgehead atoms. The summed E-state index contributed by atoms with van der Waals surface area (Å²) in [7, 11) is 1.25. The monoisotopic (exact) mass is 395 g/mol. The summed E-state index contributed by atoms with van der Waals surface area (Å²) in [6.07, 6.45) is 1.17. The summed E-state index contributed by atoms with van der Waals surface area (Å²) < 4.78 is 5.10. The molecule has 2 aromatic rings. The Morgan fingerprint density at radius 2 is 1.76 bits per heavy atom. The number of hydrogen-bond donors (Lipinski definition) is 1. The number of carbonyl (C=O) groups excluding carboxylic acids is 3. The molecule has 0 spiro atoms. The Labute approximate surface area is 165 Å². The molecule has 0 radical (unpaired) electrons. The van der Waals surface area contributed by atoms with E-state index in [0.29, 0.717) is 5.69 Å². The number of aryl methyl sites for hydroxylation is 2. The van der Waals surface area contributed by atoms with Gasteiger partial charge < -0.3 is 4.74 Å². The Kier molecular flexibility index (Phi) is 5.14. The smallest absolute Gasteiger partial charge is 0.335 e. The number of anilines is 1. The maximum Gasteiger partial charge on any atom is 0.335 e. The third-order valence-electron chi connectivity index (χ3n) is 4.29. The van der Waals surface area contributed by atoms with Gasteiger partial charge in [-0.25, -0.2) is 9.69 Å². The zero-order valence-electron chi connectivity index (χ0n) is 15.9. The van der Waals surface area contributed by atoms with E-state index >= 15 is 0 Å². The first kappa shape index (κ1) is 19.7. The van der Waals surface area contributed by atoms with Crippen molar-refractivity contribution in [2.24, 2.45) is 0 Å². The molecule has 2 aromatic carbocycles. The van der Waals surface area contributed by atoms with Gasteiger partial charge in [-0.3, -0.25) is 25.0 Å². The molecular formula is C20H17N3O6. The highest BCUT2D eigenvalue weighted by Crippen LogP contribution is 2.33. The van der Waals surface area contributed by atoms with E-state index in [4.69, 9.17) is 4.74 Å². The van der Waals surface area contributed by atoms with Gasteiger partial charge in [0.05, 0.1) is 17.7 Å². The molecular weight excluding hydrogens is 378 g/mol. The molecule has 29 heavy (non-hydrogen) atoms. The first-order chi connectivity index (χ1) is 13.7. The van der Waals surface area contributed by atoms with Crippen LogP contribution in [0, 0.1) is 24.0 Å². The van der Waals surface area contributed by atoms with Gasteiger partial charge in [0.1, 0.15) is 5.57 Å². The molecule has 1 saturated heterocycles. The van der Waals surface area contributed by atoms with Gasteiger partial charge >= 0.3 is 11.7 Å². The number of hydrogen-bond acceptors (Lipinski definition) is 6. The van der Waals surface area contributed by atoms with Crippen LogP contribution in [0.25, 0.3) is 6.08 Å².